The Labute approximate surface area is 343 Å². The molecule has 0 saturated heterocycles. The Morgan fingerprint density at radius 1 is 0.455 bits per heavy atom. The summed E-state index contributed by atoms with van der Waals surface area (Å²) in [5, 5.41) is 33.1. The van der Waals surface area contributed by atoms with Crippen LogP contribution >= 0.6 is 0 Å². The van der Waals surface area contributed by atoms with Gasteiger partial charge in [0.05, 0.1) is 31.3 Å². The molecular weight excluding hydrogens is 679 g/mol. The number of unbranched alkanes of at least 4 members (excludes halogenated alkanes) is 34. The van der Waals surface area contributed by atoms with Crippen LogP contribution in [0.25, 0.3) is 0 Å². The highest BCUT2D eigenvalue weighted by atomic mass is 16.3. The minimum Gasteiger partial charge on any atom is -0.394 e. The van der Waals surface area contributed by atoms with Crippen LogP contribution in [0.2, 0.25) is 0 Å². The molecule has 0 heterocycles. The lowest BCUT2D eigenvalue weighted by Crippen LogP contribution is -2.45. The van der Waals surface area contributed by atoms with E-state index in [1.165, 1.54) is 205 Å². The molecule has 0 aromatic carbocycles. The lowest BCUT2D eigenvalue weighted by Gasteiger charge is -2.21. The van der Waals surface area contributed by atoms with Crippen molar-refractivity contribution in [3.63, 3.8) is 0 Å². The molecule has 0 bridgehead atoms. The topological polar surface area (TPSA) is 89.8 Å². The second kappa shape index (κ2) is 45.5. The standard InChI is InChI=1S/C50H97NO4/c1-3-5-7-9-11-13-15-16-17-18-19-20-21-22-23-24-25-26-27-28-29-30-31-32-33-34-35-37-39-41-43-47(53)45-50(55)51-48(46-52)49(54)44-42-40-38-36-14-12-10-8-6-4-2/h14,36,42,44,47-49,52-54H,3-13,15-35,37-41,43,45-46H2,1-2H3,(H,51,55)/b36-14+,44-42+. The number of rotatable bonds is 45. The first-order valence-corrected chi connectivity index (χ1v) is 24.6. The summed E-state index contributed by atoms with van der Waals surface area (Å²) in [6.07, 6.45) is 56.5. The largest absolute Gasteiger partial charge is 0.394 e. The van der Waals surface area contributed by atoms with Gasteiger partial charge in [0.2, 0.25) is 5.91 Å². The number of carbonyl (C=O) groups is 1. The quantitative estimate of drug-likeness (QED) is 0.0366. The SMILES string of the molecule is CCCCCC/C=C/CC/C=C/C(O)C(CO)NC(=O)CC(O)CCCCCCCCCCCCCCCCCCCCCCCCCCCCCCCC. The van der Waals surface area contributed by atoms with Gasteiger partial charge in [-0.2, -0.15) is 0 Å². The van der Waals surface area contributed by atoms with E-state index >= 15 is 0 Å². The fraction of sp³-hybridized carbons (Fsp3) is 0.900. The summed E-state index contributed by atoms with van der Waals surface area (Å²) in [5.41, 5.74) is 0. The van der Waals surface area contributed by atoms with Gasteiger partial charge in [0.1, 0.15) is 0 Å². The first-order chi connectivity index (χ1) is 27.0. The van der Waals surface area contributed by atoms with Gasteiger partial charge in [-0.1, -0.05) is 250 Å². The summed E-state index contributed by atoms with van der Waals surface area (Å²) in [7, 11) is 0. The second-order valence-electron chi connectivity index (χ2n) is 17.1. The third-order valence-electron chi connectivity index (χ3n) is 11.5. The monoisotopic (exact) mass is 776 g/mol. The third-order valence-corrected chi connectivity index (χ3v) is 11.5. The molecule has 3 atom stereocenters. The smallest absolute Gasteiger partial charge is 0.222 e. The molecule has 0 saturated carbocycles. The lowest BCUT2D eigenvalue weighted by molar-refractivity contribution is -0.124. The average Bonchev–Trinajstić information content (AvgIpc) is 3.18. The number of nitrogens with one attached hydrogen (secondary N) is 1. The fourth-order valence-electron chi connectivity index (χ4n) is 7.71. The number of aliphatic hydroxyl groups excluding tert-OH is 3. The van der Waals surface area contributed by atoms with Crippen LogP contribution in [0.1, 0.15) is 264 Å². The molecule has 4 N–H and O–H groups in total. The molecule has 0 spiro atoms. The van der Waals surface area contributed by atoms with Gasteiger partial charge < -0.3 is 20.6 Å². The molecule has 0 aromatic rings. The van der Waals surface area contributed by atoms with Crippen molar-refractivity contribution in [3.05, 3.63) is 24.3 Å². The van der Waals surface area contributed by atoms with E-state index < -0.39 is 18.2 Å². The zero-order chi connectivity index (χ0) is 40.1. The van der Waals surface area contributed by atoms with Crippen LogP contribution in [0.5, 0.6) is 0 Å². The van der Waals surface area contributed by atoms with Gasteiger partial charge >= 0.3 is 0 Å². The minimum absolute atomic E-state index is 0.00947. The molecular formula is C50H97NO4. The molecule has 326 valence electrons. The molecule has 55 heavy (non-hydrogen) atoms. The number of carbonyl (C=O) groups excluding carboxylic acids is 1. The van der Waals surface area contributed by atoms with E-state index in [9.17, 15) is 20.1 Å². The third kappa shape index (κ3) is 42.3. The highest BCUT2D eigenvalue weighted by Crippen LogP contribution is 2.17. The Balaban J connectivity index is 3.47. The number of allylic oxidation sites excluding steroid dienone is 3. The van der Waals surface area contributed by atoms with E-state index in [0.29, 0.717) is 6.42 Å². The summed E-state index contributed by atoms with van der Waals surface area (Å²) in [6.45, 7) is 4.18. The molecule has 3 unspecified atom stereocenters. The molecule has 0 aliphatic heterocycles. The summed E-state index contributed by atoms with van der Waals surface area (Å²) in [5.74, 6) is -0.324. The van der Waals surface area contributed by atoms with Crippen LogP contribution in [-0.2, 0) is 4.79 Å². The number of hydrogen-bond acceptors (Lipinski definition) is 4. The maximum Gasteiger partial charge on any atom is 0.222 e. The molecule has 0 rings (SSSR count). The van der Waals surface area contributed by atoms with E-state index in [-0.39, 0.29) is 18.9 Å². The average molecular weight is 776 g/mol. The molecule has 0 aromatic heterocycles. The summed E-state index contributed by atoms with van der Waals surface area (Å²) in [6, 6.07) is -0.756. The normalized spacial score (nSPS) is 13.6. The Kier molecular flexibility index (Phi) is 44.6. The zero-order valence-corrected chi connectivity index (χ0v) is 37.1. The maximum absolute atomic E-state index is 12.4. The van der Waals surface area contributed by atoms with E-state index in [4.69, 9.17) is 0 Å². The van der Waals surface area contributed by atoms with Crippen LogP contribution in [0.15, 0.2) is 24.3 Å². The van der Waals surface area contributed by atoms with Crippen molar-refractivity contribution >= 4 is 5.91 Å². The van der Waals surface area contributed by atoms with Crippen molar-refractivity contribution in [1.29, 1.82) is 0 Å². The first kappa shape index (κ1) is 53.8. The van der Waals surface area contributed by atoms with Gasteiger partial charge in [-0.3, -0.25) is 4.79 Å². The number of hydrogen-bond donors (Lipinski definition) is 4. The minimum atomic E-state index is -0.947. The van der Waals surface area contributed by atoms with Crippen LogP contribution < -0.4 is 5.32 Å². The van der Waals surface area contributed by atoms with Crippen LogP contribution in [0.3, 0.4) is 0 Å². The van der Waals surface area contributed by atoms with Crippen molar-refractivity contribution in [1.82, 2.24) is 5.32 Å². The first-order valence-electron chi connectivity index (χ1n) is 24.6. The lowest BCUT2D eigenvalue weighted by atomic mass is 10.0. The Morgan fingerprint density at radius 3 is 1.16 bits per heavy atom. The number of aliphatic hydroxyl groups is 3. The van der Waals surface area contributed by atoms with Gasteiger partial charge in [-0.05, 0) is 32.1 Å². The highest BCUT2D eigenvalue weighted by Gasteiger charge is 2.20. The van der Waals surface area contributed by atoms with E-state index in [2.05, 4.69) is 31.3 Å². The van der Waals surface area contributed by atoms with Crippen molar-refractivity contribution in [2.45, 2.75) is 283 Å². The number of amides is 1. The molecule has 0 radical (unpaired) electrons. The van der Waals surface area contributed by atoms with Gasteiger partial charge in [-0.15, -0.1) is 0 Å². The fourth-order valence-corrected chi connectivity index (χ4v) is 7.71. The molecule has 0 aliphatic rings. The van der Waals surface area contributed by atoms with E-state index in [0.717, 1.165) is 32.1 Å². The Hall–Kier alpha value is -1.17. The second-order valence-corrected chi connectivity index (χ2v) is 17.1. The Bertz CT molecular complexity index is 814. The van der Waals surface area contributed by atoms with Crippen LogP contribution in [0, 0.1) is 0 Å². The molecule has 5 nitrogen and oxygen atoms in total. The maximum atomic E-state index is 12.4. The summed E-state index contributed by atoms with van der Waals surface area (Å²) < 4.78 is 0. The van der Waals surface area contributed by atoms with Crippen LogP contribution in [0.4, 0.5) is 0 Å². The summed E-state index contributed by atoms with van der Waals surface area (Å²) >= 11 is 0. The predicted octanol–water partition coefficient (Wildman–Crippen LogP) is 14.6. The predicted molar refractivity (Wildman–Crippen MR) is 241 cm³/mol. The Morgan fingerprint density at radius 2 is 0.782 bits per heavy atom. The van der Waals surface area contributed by atoms with Gasteiger partial charge in [-0.25, -0.2) is 0 Å². The summed E-state index contributed by atoms with van der Waals surface area (Å²) in [4.78, 5) is 12.4. The van der Waals surface area contributed by atoms with Gasteiger partial charge in [0.25, 0.3) is 0 Å². The van der Waals surface area contributed by atoms with Crippen LogP contribution in [-0.4, -0.2) is 46.1 Å². The molecule has 1 amide bonds. The molecule has 5 heteroatoms. The molecule has 0 aliphatic carbocycles. The van der Waals surface area contributed by atoms with E-state index in [1.54, 1.807) is 6.08 Å². The highest BCUT2D eigenvalue weighted by molar-refractivity contribution is 5.76. The van der Waals surface area contributed by atoms with Crippen molar-refractivity contribution in [3.8, 4) is 0 Å². The van der Waals surface area contributed by atoms with Gasteiger partial charge in [0, 0.05) is 0 Å². The van der Waals surface area contributed by atoms with Crippen molar-refractivity contribution in [2.75, 3.05) is 6.61 Å². The van der Waals surface area contributed by atoms with Crippen molar-refractivity contribution in [2.24, 2.45) is 0 Å². The van der Waals surface area contributed by atoms with E-state index in [1.807, 2.05) is 6.08 Å². The molecule has 0 fully saturated rings. The van der Waals surface area contributed by atoms with Gasteiger partial charge in [0.15, 0.2) is 0 Å². The zero-order valence-electron chi connectivity index (χ0n) is 37.1. The van der Waals surface area contributed by atoms with Crippen molar-refractivity contribution < 1.29 is 20.1 Å².